The minimum absolute atomic E-state index is 0.118. The molecule has 1 saturated heterocycles. The van der Waals surface area contributed by atoms with E-state index in [-0.39, 0.29) is 17.7 Å². The molecule has 180 valence electrons. The highest BCUT2D eigenvalue weighted by molar-refractivity contribution is 5.85. The van der Waals surface area contributed by atoms with Crippen LogP contribution in [0.1, 0.15) is 52.8 Å². The second-order valence-corrected chi connectivity index (χ2v) is 10.1. The normalized spacial score (nSPS) is 15.4. The number of hydrogen-bond donors (Lipinski definition) is 1. The molecule has 1 aliphatic rings. The number of nitrogens with zero attached hydrogens (tertiary/aromatic N) is 5. The number of aromatic nitrogens is 4. The summed E-state index contributed by atoms with van der Waals surface area (Å²) in [6.07, 6.45) is 8.69. The molecule has 1 aliphatic heterocycles. The minimum atomic E-state index is 0.118. The molecule has 3 aromatic rings. The molecule has 0 unspecified atom stereocenters. The van der Waals surface area contributed by atoms with Gasteiger partial charge in [0.15, 0.2) is 0 Å². The fourth-order valence-corrected chi connectivity index (χ4v) is 4.40. The van der Waals surface area contributed by atoms with Crippen molar-refractivity contribution >= 4 is 22.5 Å². The van der Waals surface area contributed by atoms with Crippen molar-refractivity contribution in [3.05, 3.63) is 42.6 Å². The monoisotopic (exact) mass is 460 g/mol. The van der Waals surface area contributed by atoms with Crippen molar-refractivity contribution in [2.24, 2.45) is 11.8 Å². The van der Waals surface area contributed by atoms with Gasteiger partial charge in [-0.25, -0.2) is 15.0 Å². The number of hydrogen-bond acceptors (Lipinski definition) is 7. The molecule has 3 heterocycles. The Bertz CT molecular complexity index is 1120. The van der Waals surface area contributed by atoms with Crippen LogP contribution in [-0.4, -0.2) is 56.3 Å². The van der Waals surface area contributed by atoms with Crippen LogP contribution >= 0.6 is 0 Å². The van der Waals surface area contributed by atoms with Crippen molar-refractivity contribution in [2.45, 2.75) is 59.4 Å². The van der Waals surface area contributed by atoms with Gasteiger partial charge in [0.05, 0.1) is 30.0 Å². The third-order valence-electron chi connectivity index (χ3n) is 6.40. The van der Waals surface area contributed by atoms with Crippen molar-refractivity contribution in [3.8, 4) is 11.3 Å². The van der Waals surface area contributed by atoms with Gasteiger partial charge >= 0.3 is 0 Å². The standard InChI is InChI=1S/C27H36N6O/c1-18(2)7-10-33-11-8-20(9-12-33)25(34)14-26-29-15-22-6-5-21(13-23(22)31-26)24-16-28-17-27(32-24)30-19(3)4/h5-6,13,15-20H,7-12,14H2,1-4H3,(H,30,32). The number of nitrogens with one attached hydrogen (secondary N) is 1. The Morgan fingerprint density at radius 3 is 2.62 bits per heavy atom. The lowest BCUT2D eigenvalue weighted by Crippen LogP contribution is -2.37. The number of benzene rings is 1. The maximum Gasteiger partial charge on any atom is 0.145 e. The van der Waals surface area contributed by atoms with Crippen LogP contribution < -0.4 is 5.32 Å². The first-order valence-electron chi connectivity index (χ1n) is 12.5. The number of anilines is 1. The minimum Gasteiger partial charge on any atom is -0.367 e. The second-order valence-electron chi connectivity index (χ2n) is 10.1. The maximum absolute atomic E-state index is 13.0. The Labute approximate surface area is 202 Å². The van der Waals surface area contributed by atoms with Gasteiger partial charge in [0, 0.05) is 29.1 Å². The molecule has 0 spiro atoms. The highest BCUT2D eigenvalue weighted by atomic mass is 16.1. The lowest BCUT2D eigenvalue weighted by atomic mass is 9.90. The van der Waals surface area contributed by atoms with Crippen molar-refractivity contribution < 1.29 is 4.79 Å². The number of fused-ring (bicyclic) bond motifs is 1. The Balaban J connectivity index is 1.43. The molecule has 0 bridgehead atoms. The summed E-state index contributed by atoms with van der Waals surface area (Å²) in [4.78, 5) is 33.7. The first-order chi connectivity index (χ1) is 16.4. The fourth-order valence-electron chi connectivity index (χ4n) is 4.40. The van der Waals surface area contributed by atoms with Crippen molar-refractivity contribution in [3.63, 3.8) is 0 Å². The highest BCUT2D eigenvalue weighted by Gasteiger charge is 2.25. The van der Waals surface area contributed by atoms with Crippen LogP contribution in [0.2, 0.25) is 0 Å². The van der Waals surface area contributed by atoms with Crippen molar-refractivity contribution in [2.75, 3.05) is 25.0 Å². The lowest BCUT2D eigenvalue weighted by molar-refractivity contribution is -0.123. The molecule has 7 heteroatoms. The molecular formula is C27H36N6O. The maximum atomic E-state index is 13.0. The van der Waals surface area contributed by atoms with Gasteiger partial charge in [-0.3, -0.25) is 9.78 Å². The van der Waals surface area contributed by atoms with Crippen molar-refractivity contribution in [1.82, 2.24) is 24.8 Å². The molecule has 1 N–H and O–H groups in total. The van der Waals surface area contributed by atoms with E-state index in [1.165, 1.54) is 6.42 Å². The summed E-state index contributed by atoms with van der Waals surface area (Å²) in [5.74, 6) is 2.44. The molecule has 2 aromatic heterocycles. The van der Waals surface area contributed by atoms with E-state index in [9.17, 15) is 4.79 Å². The summed E-state index contributed by atoms with van der Waals surface area (Å²) < 4.78 is 0. The number of ketones is 1. The van der Waals surface area contributed by atoms with E-state index in [1.807, 2.05) is 24.4 Å². The van der Waals surface area contributed by atoms with E-state index in [2.05, 4.69) is 52.9 Å². The quantitative estimate of drug-likeness (QED) is 0.492. The van der Waals surface area contributed by atoms with Gasteiger partial charge in [-0.05, 0) is 64.7 Å². The Morgan fingerprint density at radius 1 is 1.09 bits per heavy atom. The SMILES string of the molecule is CC(C)CCN1CCC(C(=O)Cc2ncc3ccc(-c4cncc(NC(C)C)n4)cc3n2)CC1. The van der Waals surface area contributed by atoms with Crippen LogP contribution in [0.15, 0.2) is 36.8 Å². The van der Waals surface area contributed by atoms with Crippen LogP contribution in [0.25, 0.3) is 22.2 Å². The number of rotatable bonds is 9. The summed E-state index contributed by atoms with van der Waals surface area (Å²) in [7, 11) is 0. The zero-order valence-corrected chi connectivity index (χ0v) is 20.8. The third kappa shape index (κ3) is 6.35. The van der Waals surface area contributed by atoms with E-state index in [1.54, 1.807) is 12.4 Å². The molecule has 0 amide bonds. The van der Waals surface area contributed by atoms with Gasteiger partial charge in [0.25, 0.3) is 0 Å². The van der Waals surface area contributed by atoms with Gasteiger partial charge in [-0.1, -0.05) is 26.0 Å². The molecule has 4 rings (SSSR count). The molecule has 0 aliphatic carbocycles. The predicted octanol–water partition coefficient (Wildman–Crippen LogP) is 4.78. The smallest absolute Gasteiger partial charge is 0.145 e. The average Bonchev–Trinajstić information content (AvgIpc) is 2.82. The molecule has 1 aromatic carbocycles. The summed E-state index contributed by atoms with van der Waals surface area (Å²) >= 11 is 0. The largest absolute Gasteiger partial charge is 0.367 e. The lowest BCUT2D eigenvalue weighted by Gasteiger charge is -2.31. The van der Waals surface area contributed by atoms with Gasteiger partial charge in [-0.2, -0.15) is 0 Å². The molecule has 34 heavy (non-hydrogen) atoms. The third-order valence-corrected chi connectivity index (χ3v) is 6.40. The van der Waals surface area contributed by atoms with E-state index in [0.29, 0.717) is 12.2 Å². The molecule has 1 fully saturated rings. The van der Waals surface area contributed by atoms with Crippen LogP contribution in [0, 0.1) is 11.8 Å². The van der Waals surface area contributed by atoms with E-state index < -0.39 is 0 Å². The van der Waals surface area contributed by atoms with Crippen LogP contribution in [-0.2, 0) is 11.2 Å². The number of carbonyl (C=O) groups is 1. The predicted molar refractivity (Wildman–Crippen MR) is 137 cm³/mol. The molecular weight excluding hydrogens is 424 g/mol. The Morgan fingerprint density at radius 2 is 1.88 bits per heavy atom. The fraction of sp³-hybridized carbons (Fsp3) is 0.519. The van der Waals surface area contributed by atoms with Crippen LogP contribution in [0.3, 0.4) is 0 Å². The molecule has 0 atom stereocenters. The highest BCUT2D eigenvalue weighted by Crippen LogP contribution is 2.24. The zero-order chi connectivity index (χ0) is 24.1. The van der Waals surface area contributed by atoms with Crippen LogP contribution in [0.4, 0.5) is 5.82 Å². The van der Waals surface area contributed by atoms with E-state index in [4.69, 9.17) is 4.98 Å². The summed E-state index contributed by atoms with van der Waals surface area (Å²) in [5, 5.41) is 4.24. The van der Waals surface area contributed by atoms with Gasteiger partial charge in [-0.15, -0.1) is 0 Å². The number of Topliss-reactive ketones (excluding diaryl/α,β-unsaturated/α-hetero) is 1. The van der Waals surface area contributed by atoms with E-state index in [0.717, 1.165) is 66.4 Å². The molecule has 0 saturated carbocycles. The Hall–Kier alpha value is -2.93. The number of likely N-dealkylation sites (tertiary alicyclic amines) is 1. The molecule has 7 nitrogen and oxygen atoms in total. The second kappa shape index (κ2) is 11.0. The number of carbonyl (C=O) groups excluding carboxylic acids is 1. The first kappa shape index (κ1) is 24.2. The van der Waals surface area contributed by atoms with E-state index >= 15 is 0 Å². The zero-order valence-electron chi connectivity index (χ0n) is 20.8. The topological polar surface area (TPSA) is 83.9 Å². The van der Waals surface area contributed by atoms with Gasteiger partial charge in [0.2, 0.25) is 0 Å². The van der Waals surface area contributed by atoms with Gasteiger partial charge < -0.3 is 10.2 Å². The van der Waals surface area contributed by atoms with Crippen molar-refractivity contribution in [1.29, 1.82) is 0 Å². The first-order valence-corrected chi connectivity index (χ1v) is 12.5. The summed E-state index contributed by atoms with van der Waals surface area (Å²) in [6.45, 7) is 11.8. The molecule has 0 radical (unpaired) electrons. The summed E-state index contributed by atoms with van der Waals surface area (Å²) in [6, 6.07) is 6.28. The number of piperidine rings is 1. The van der Waals surface area contributed by atoms with Crippen LogP contribution in [0.5, 0.6) is 0 Å². The summed E-state index contributed by atoms with van der Waals surface area (Å²) in [5.41, 5.74) is 2.55. The average molecular weight is 461 g/mol. The van der Waals surface area contributed by atoms with Gasteiger partial charge in [0.1, 0.15) is 17.4 Å². The Kier molecular flexibility index (Phi) is 7.83.